The lowest BCUT2D eigenvalue weighted by atomic mass is 9.68. The largest absolute Gasteiger partial charge is 0.353 e. The monoisotopic (exact) mass is 623 g/mol. The lowest BCUT2D eigenvalue weighted by molar-refractivity contribution is 0.148. The van der Waals surface area contributed by atoms with Crippen molar-refractivity contribution in [3.05, 3.63) is 51.8 Å². The van der Waals surface area contributed by atoms with Gasteiger partial charge < -0.3 is 15.1 Å². The molecule has 7 rings (SSSR count). The number of anilines is 1. The van der Waals surface area contributed by atoms with E-state index in [1.54, 1.807) is 0 Å². The van der Waals surface area contributed by atoms with Gasteiger partial charge in [0.15, 0.2) is 0 Å². The zero-order valence-electron chi connectivity index (χ0n) is 28.4. The molecule has 1 saturated carbocycles. The third kappa shape index (κ3) is 6.65. The van der Waals surface area contributed by atoms with E-state index in [1.807, 2.05) is 13.0 Å². The zero-order valence-corrected chi connectivity index (χ0v) is 28.4. The maximum atomic E-state index is 16.9. The molecule has 4 heterocycles. The Morgan fingerprint density at radius 1 is 1.15 bits per heavy atom. The van der Waals surface area contributed by atoms with Gasteiger partial charge in [0.25, 0.3) is 0 Å². The van der Waals surface area contributed by atoms with Gasteiger partial charge in [0, 0.05) is 61.6 Å². The molecule has 3 saturated heterocycles. The average Bonchev–Trinajstić information content (AvgIpc) is 3.76. The van der Waals surface area contributed by atoms with E-state index in [-0.39, 0.29) is 23.6 Å². The highest BCUT2D eigenvalue weighted by molar-refractivity contribution is 5.50. The van der Waals surface area contributed by atoms with Crippen molar-refractivity contribution in [2.24, 2.45) is 29.1 Å². The van der Waals surface area contributed by atoms with E-state index in [2.05, 4.69) is 59.2 Å². The molecule has 1 N–H and O–H groups in total. The van der Waals surface area contributed by atoms with Crippen LogP contribution in [0.3, 0.4) is 0 Å². The summed E-state index contributed by atoms with van der Waals surface area (Å²) in [6.45, 7) is 12.0. The van der Waals surface area contributed by atoms with E-state index in [0.29, 0.717) is 29.3 Å². The van der Waals surface area contributed by atoms with Crippen LogP contribution in [0.2, 0.25) is 0 Å². The van der Waals surface area contributed by atoms with Gasteiger partial charge in [-0.15, -0.1) is 12.3 Å². The smallest absolute Gasteiger partial charge is 0.140 e. The number of aromatic nitrogens is 2. The van der Waals surface area contributed by atoms with Gasteiger partial charge in [-0.2, -0.15) is 0 Å². The van der Waals surface area contributed by atoms with Gasteiger partial charge in [0.2, 0.25) is 0 Å². The Bertz CT molecular complexity index is 1540. The molecular formula is C40H54FN5. The van der Waals surface area contributed by atoms with Gasteiger partial charge >= 0.3 is 0 Å². The van der Waals surface area contributed by atoms with Crippen molar-refractivity contribution in [1.29, 1.82) is 0 Å². The summed E-state index contributed by atoms with van der Waals surface area (Å²) in [7, 11) is 0. The van der Waals surface area contributed by atoms with Crippen molar-refractivity contribution in [3.63, 3.8) is 0 Å². The van der Waals surface area contributed by atoms with Gasteiger partial charge in [-0.3, -0.25) is 0 Å². The maximum Gasteiger partial charge on any atom is 0.140 e. The van der Waals surface area contributed by atoms with Crippen LogP contribution in [0.15, 0.2) is 35.5 Å². The van der Waals surface area contributed by atoms with Gasteiger partial charge in [0.05, 0.1) is 0 Å². The Labute approximate surface area is 276 Å². The molecule has 6 aliphatic rings. The number of nitrogens with one attached hydrogen (secondary N) is 1. The Hall–Kier alpha value is -2.75. The first-order valence-electron chi connectivity index (χ1n) is 18.3. The highest BCUT2D eigenvalue weighted by Gasteiger charge is 2.44. The number of halogens is 1. The van der Waals surface area contributed by atoms with Crippen LogP contribution in [0.25, 0.3) is 11.9 Å². The molecule has 0 aromatic carbocycles. The Morgan fingerprint density at radius 2 is 1.91 bits per heavy atom. The van der Waals surface area contributed by atoms with Crippen LogP contribution < -0.4 is 20.8 Å². The van der Waals surface area contributed by atoms with Crippen molar-refractivity contribution in [2.45, 2.75) is 103 Å². The summed E-state index contributed by atoms with van der Waals surface area (Å²) in [5.74, 6) is 5.79. The number of hydrogen-bond donors (Lipinski definition) is 1. The molecule has 5 atom stereocenters. The first-order chi connectivity index (χ1) is 22.4. The van der Waals surface area contributed by atoms with Crippen LogP contribution in [-0.2, 0) is 6.42 Å². The number of rotatable bonds is 9. The quantitative estimate of drug-likeness (QED) is 0.350. The van der Waals surface area contributed by atoms with Crippen LogP contribution in [-0.4, -0.2) is 59.7 Å². The molecule has 3 aliphatic carbocycles. The van der Waals surface area contributed by atoms with E-state index in [9.17, 15) is 0 Å². The maximum absolute atomic E-state index is 16.9. The third-order valence-electron chi connectivity index (χ3n) is 12.2. The minimum Gasteiger partial charge on any atom is -0.353 e. The van der Waals surface area contributed by atoms with E-state index < -0.39 is 0 Å². The number of aryl methyl sites for hydroxylation is 1. The topological polar surface area (TPSA) is 44.3 Å². The first-order valence-corrected chi connectivity index (χ1v) is 18.3. The van der Waals surface area contributed by atoms with Gasteiger partial charge in [-0.05, 0) is 101 Å². The zero-order chi connectivity index (χ0) is 31.8. The summed E-state index contributed by atoms with van der Waals surface area (Å²) < 4.78 is 16.9. The number of likely N-dealkylation sites (tertiary alicyclic amines) is 1. The fourth-order valence-corrected chi connectivity index (χ4v) is 9.31. The van der Waals surface area contributed by atoms with Crippen molar-refractivity contribution in [1.82, 2.24) is 20.2 Å². The fourth-order valence-electron chi connectivity index (χ4n) is 9.31. The minimum atomic E-state index is -0.128. The standard InChI is InChI=1S/C40H54FN5/c1-5-28-14-19-45(20-15-28)26-40(17-18-40)16-13-36-43-38(34(7-3)39(44-36)46-24-32-11-12-33(25-46)42-32)35(41)23-31-22-27(4)21-30-10-8-9-29(6-2)37(30)31/h2,7-8,10,21-22,28-29,31-33,37,42H,5,9,11-20,23-26H2,1,3-4H3/b34-7+,38-35-. The summed E-state index contributed by atoms with van der Waals surface area (Å²) in [6.07, 6.45) is 28.9. The number of hydrogen-bond acceptors (Lipinski definition) is 5. The highest BCUT2D eigenvalue weighted by Crippen LogP contribution is 2.50. The molecule has 2 bridgehead atoms. The van der Waals surface area contributed by atoms with Crippen LogP contribution in [0.5, 0.6) is 0 Å². The SMILES string of the molecule is C#CC1CC=CC2=CC(C)=CC(C/C(F)=c3/nc(CCC4(CN5CCC(CC)CC5)CC4)nc(N4CC5CCC(C4)N5)/c3=C/C)C21. The molecule has 5 unspecified atom stereocenters. The van der Waals surface area contributed by atoms with E-state index >= 15 is 4.39 Å². The second kappa shape index (κ2) is 13.4. The summed E-state index contributed by atoms with van der Waals surface area (Å²) in [6, 6.07) is 0.956. The summed E-state index contributed by atoms with van der Waals surface area (Å²) >= 11 is 0. The van der Waals surface area contributed by atoms with Crippen LogP contribution in [0, 0.1) is 41.4 Å². The van der Waals surface area contributed by atoms with Crippen LogP contribution in [0.1, 0.15) is 90.8 Å². The molecule has 4 fully saturated rings. The van der Waals surface area contributed by atoms with E-state index in [0.717, 1.165) is 55.1 Å². The average molecular weight is 624 g/mol. The summed E-state index contributed by atoms with van der Waals surface area (Å²) in [5, 5.41) is 5.12. The van der Waals surface area contributed by atoms with Crippen molar-refractivity contribution < 1.29 is 4.39 Å². The molecule has 46 heavy (non-hydrogen) atoms. The van der Waals surface area contributed by atoms with Gasteiger partial charge in [-0.1, -0.05) is 49.3 Å². The summed E-state index contributed by atoms with van der Waals surface area (Å²) in [4.78, 5) is 15.5. The Morgan fingerprint density at radius 3 is 2.59 bits per heavy atom. The number of terminal acetylenes is 1. The molecule has 1 aromatic heterocycles. The van der Waals surface area contributed by atoms with Crippen LogP contribution in [0.4, 0.5) is 10.2 Å². The number of piperidine rings is 1. The van der Waals surface area contributed by atoms with Crippen molar-refractivity contribution >= 4 is 17.7 Å². The van der Waals surface area contributed by atoms with E-state index in [4.69, 9.17) is 16.4 Å². The Kier molecular flexibility index (Phi) is 9.27. The van der Waals surface area contributed by atoms with Gasteiger partial charge in [-0.25, -0.2) is 14.4 Å². The molecule has 5 nitrogen and oxygen atoms in total. The molecular weight excluding hydrogens is 569 g/mol. The summed E-state index contributed by atoms with van der Waals surface area (Å²) in [5.41, 5.74) is 2.80. The predicted molar refractivity (Wildman–Crippen MR) is 187 cm³/mol. The van der Waals surface area contributed by atoms with Crippen molar-refractivity contribution in [2.75, 3.05) is 37.6 Å². The predicted octanol–water partition coefficient (Wildman–Crippen LogP) is 5.85. The molecule has 246 valence electrons. The molecule has 0 amide bonds. The number of nitrogens with zero attached hydrogens (tertiary/aromatic N) is 4. The number of fused-ring (bicyclic) bond motifs is 3. The third-order valence-corrected chi connectivity index (χ3v) is 12.2. The molecule has 0 spiro atoms. The van der Waals surface area contributed by atoms with E-state index in [1.165, 1.54) is 75.7 Å². The fraction of sp³-hybridized carbons (Fsp3) is 0.650. The molecule has 6 heteroatoms. The molecule has 0 radical (unpaired) electrons. The second-order valence-corrected chi connectivity index (χ2v) is 15.4. The minimum absolute atomic E-state index is 0.0131. The lowest BCUT2D eigenvalue weighted by Gasteiger charge is -2.35. The highest BCUT2D eigenvalue weighted by atomic mass is 19.1. The second-order valence-electron chi connectivity index (χ2n) is 15.4. The number of allylic oxidation sites excluding steroid dienone is 6. The number of piperazine rings is 1. The Balaban J connectivity index is 1.19. The first kappa shape index (κ1) is 31.8. The van der Waals surface area contributed by atoms with Crippen molar-refractivity contribution in [3.8, 4) is 12.3 Å². The normalized spacial score (nSPS) is 31.7. The molecule has 3 aliphatic heterocycles. The van der Waals surface area contributed by atoms with Gasteiger partial charge in [0.1, 0.15) is 22.8 Å². The lowest BCUT2D eigenvalue weighted by Crippen LogP contribution is -2.54. The van der Waals surface area contributed by atoms with Crippen LogP contribution >= 0.6 is 0 Å². The molecule has 1 aromatic rings.